The van der Waals surface area contributed by atoms with Crippen LogP contribution in [0.4, 0.5) is 0 Å². The number of aryl methyl sites for hydroxylation is 1. The van der Waals surface area contributed by atoms with Gasteiger partial charge in [-0.1, -0.05) is 30.3 Å². The summed E-state index contributed by atoms with van der Waals surface area (Å²) in [5.74, 6) is -1.99. The Morgan fingerprint density at radius 3 is 2.45 bits per heavy atom. The molecule has 120 valence electrons. The van der Waals surface area contributed by atoms with E-state index in [9.17, 15) is 14.7 Å². The first-order valence-electron chi connectivity index (χ1n) is 7.29. The van der Waals surface area contributed by atoms with Gasteiger partial charge in [-0.15, -0.1) is 0 Å². The maximum absolute atomic E-state index is 12.1. The van der Waals surface area contributed by atoms with Gasteiger partial charge in [-0.3, -0.25) is 4.79 Å². The molecule has 1 aromatic carbocycles. The number of rotatable bonds is 7. The minimum absolute atomic E-state index is 0.0232. The predicted octanol–water partition coefficient (Wildman–Crippen LogP) is 2.47. The highest BCUT2D eigenvalue weighted by molar-refractivity contribution is 5.96. The Labute approximate surface area is 131 Å². The average Bonchev–Trinajstić information content (AvgIpc) is 2.51. The fourth-order valence-corrected chi connectivity index (χ4v) is 2.08. The number of hydrogen-bond acceptors (Lipinski definition) is 4. The zero-order valence-corrected chi connectivity index (χ0v) is 13.3. The van der Waals surface area contributed by atoms with Gasteiger partial charge >= 0.3 is 5.97 Å². The zero-order valence-electron chi connectivity index (χ0n) is 13.3. The summed E-state index contributed by atoms with van der Waals surface area (Å²) in [6.07, 6.45) is 2.58. The lowest BCUT2D eigenvalue weighted by Crippen LogP contribution is -2.37. The van der Waals surface area contributed by atoms with Crippen LogP contribution < -0.4 is 0 Å². The highest BCUT2D eigenvalue weighted by Gasteiger charge is 2.17. The molecule has 5 heteroatoms. The highest BCUT2D eigenvalue weighted by Crippen LogP contribution is 2.08. The van der Waals surface area contributed by atoms with Gasteiger partial charge in [0.2, 0.25) is 5.76 Å². The number of carbonyl (C=O) groups is 2. The Morgan fingerprint density at radius 2 is 1.91 bits per heavy atom. The largest absolute Gasteiger partial charge is 0.502 e. The van der Waals surface area contributed by atoms with Crippen LogP contribution >= 0.6 is 0 Å². The number of esters is 1. The minimum Gasteiger partial charge on any atom is -0.502 e. The molecule has 22 heavy (non-hydrogen) atoms. The van der Waals surface area contributed by atoms with Gasteiger partial charge in [0.1, 0.15) is 0 Å². The molecule has 5 nitrogen and oxygen atoms in total. The van der Waals surface area contributed by atoms with Crippen LogP contribution in [0.15, 0.2) is 42.2 Å². The lowest BCUT2D eigenvalue weighted by molar-refractivity contribution is -0.139. The van der Waals surface area contributed by atoms with E-state index in [0.29, 0.717) is 6.54 Å². The van der Waals surface area contributed by atoms with E-state index in [1.165, 1.54) is 5.56 Å². The molecule has 0 spiro atoms. The minimum atomic E-state index is -0.915. The molecule has 0 aliphatic heterocycles. The SMILES string of the molecule is COC(=O)C(O)=CC(=O)N(CCCc1ccccc1)C(C)C. The fraction of sp³-hybridized carbons (Fsp3) is 0.412. The van der Waals surface area contributed by atoms with Crippen LogP contribution in [0.1, 0.15) is 25.8 Å². The van der Waals surface area contributed by atoms with Gasteiger partial charge in [-0.25, -0.2) is 4.79 Å². The van der Waals surface area contributed by atoms with Crippen molar-refractivity contribution < 1.29 is 19.4 Å². The van der Waals surface area contributed by atoms with Crippen LogP contribution in [0.2, 0.25) is 0 Å². The van der Waals surface area contributed by atoms with Crippen molar-refractivity contribution in [2.45, 2.75) is 32.7 Å². The maximum atomic E-state index is 12.1. The Balaban J connectivity index is 2.61. The van der Waals surface area contributed by atoms with Gasteiger partial charge in [-0.05, 0) is 32.3 Å². The summed E-state index contributed by atoms with van der Waals surface area (Å²) in [4.78, 5) is 24.9. The van der Waals surface area contributed by atoms with E-state index < -0.39 is 17.6 Å². The van der Waals surface area contributed by atoms with Gasteiger partial charge in [0.05, 0.1) is 13.2 Å². The second kappa shape index (κ2) is 8.87. The average molecular weight is 305 g/mol. The normalized spacial score (nSPS) is 11.4. The highest BCUT2D eigenvalue weighted by atomic mass is 16.5. The van der Waals surface area contributed by atoms with Crippen LogP contribution in [0, 0.1) is 0 Å². The van der Waals surface area contributed by atoms with Crippen molar-refractivity contribution in [3.8, 4) is 0 Å². The number of ether oxygens (including phenoxy) is 1. The van der Waals surface area contributed by atoms with Crippen LogP contribution in [0.25, 0.3) is 0 Å². The molecular formula is C17H23NO4. The molecular weight excluding hydrogens is 282 g/mol. The van der Waals surface area contributed by atoms with Crippen molar-refractivity contribution >= 4 is 11.9 Å². The van der Waals surface area contributed by atoms with Crippen LogP contribution in [-0.2, 0) is 20.7 Å². The fourth-order valence-electron chi connectivity index (χ4n) is 2.08. The van der Waals surface area contributed by atoms with Gasteiger partial charge in [-0.2, -0.15) is 0 Å². The predicted molar refractivity (Wildman–Crippen MR) is 84.3 cm³/mol. The number of aliphatic hydroxyl groups is 1. The summed E-state index contributed by atoms with van der Waals surface area (Å²) < 4.78 is 4.36. The van der Waals surface area contributed by atoms with Crippen molar-refractivity contribution in [2.24, 2.45) is 0 Å². The molecule has 0 radical (unpaired) electrons. The Bertz CT molecular complexity index is 523. The number of benzene rings is 1. The molecule has 0 heterocycles. The second-order valence-electron chi connectivity index (χ2n) is 5.24. The first-order valence-corrected chi connectivity index (χ1v) is 7.29. The van der Waals surface area contributed by atoms with Crippen LogP contribution in [-0.4, -0.2) is 41.6 Å². The molecule has 0 saturated carbocycles. The van der Waals surface area contributed by atoms with E-state index in [-0.39, 0.29) is 6.04 Å². The van der Waals surface area contributed by atoms with Crippen molar-refractivity contribution in [3.63, 3.8) is 0 Å². The number of amides is 1. The molecule has 1 rings (SSSR count). The summed E-state index contributed by atoms with van der Waals surface area (Å²) in [7, 11) is 1.15. The third-order valence-corrected chi connectivity index (χ3v) is 3.27. The smallest absolute Gasteiger partial charge is 0.373 e. The van der Waals surface area contributed by atoms with Crippen LogP contribution in [0.3, 0.4) is 0 Å². The van der Waals surface area contributed by atoms with Crippen molar-refractivity contribution in [3.05, 3.63) is 47.7 Å². The van der Waals surface area contributed by atoms with Gasteiger partial charge in [0, 0.05) is 12.6 Å². The Morgan fingerprint density at radius 1 is 1.27 bits per heavy atom. The molecule has 0 unspecified atom stereocenters. The van der Waals surface area contributed by atoms with Gasteiger partial charge < -0.3 is 14.7 Å². The third-order valence-electron chi connectivity index (χ3n) is 3.27. The first-order chi connectivity index (χ1) is 10.5. The van der Waals surface area contributed by atoms with Gasteiger partial charge in [0.25, 0.3) is 5.91 Å². The first kappa shape index (κ1) is 17.8. The van der Waals surface area contributed by atoms with Gasteiger partial charge in [0.15, 0.2) is 0 Å². The number of aliphatic hydroxyl groups excluding tert-OH is 1. The number of methoxy groups -OCH3 is 1. The molecule has 1 amide bonds. The number of carbonyl (C=O) groups excluding carboxylic acids is 2. The van der Waals surface area contributed by atoms with E-state index in [4.69, 9.17) is 0 Å². The quantitative estimate of drug-likeness (QED) is 0.477. The van der Waals surface area contributed by atoms with E-state index in [1.54, 1.807) is 4.90 Å². The lowest BCUT2D eigenvalue weighted by Gasteiger charge is -2.25. The van der Waals surface area contributed by atoms with E-state index >= 15 is 0 Å². The van der Waals surface area contributed by atoms with Crippen molar-refractivity contribution in [1.29, 1.82) is 0 Å². The maximum Gasteiger partial charge on any atom is 0.373 e. The molecule has 0 fully saturated rings. The zero-order chi connectivity index (χ0) is 16.5. The van der Waals surface area contributed by atoms with E-state index in [0.717, 1.165) is 26.0 Å². The summed E-state index contributed by atoms with van der Waals surface area (Å²) in [5.41, 5.74) is 1.21. The number of hydrogen-bond donors (Lipinski definition) is 1. The molecule has 0 saturated heterocycles. The van der Waals surface area contributed by atoms with Crippen molar-refractivity contribution in [2.75, 3.05) is 13.7 Å². The molecule has 0 atom stereocenters. The summed E-state index contributed by atoms with van der Waals surface area (Å²) >= 11 is 0. The molecule has 0 aliphatic rings. The van der Waals surface area contributed by atoms with E-state index in [2.05, 4.69) is 4.74 Å². The molecule has 0 bridgehead atoms. The van der Waals surface area contributed by atoms with Crippen molar-refractivity contribution in [1.82, 2.24) is 4.90 Å². The standard InChI is InChI=1S/C17H23NO4/c1-13(2)18(16(20)12-15(19)17(21)22-3)11-7-10-14-8-5-4-6-9-14/h4-6,8-9,12-13,19H,7,10-11H2,1-3H3. The molecule has 1 aromatic rings. The Hall–Kier alpha value is -2.30. The summed E-state index contributed by atoms with van der Waals surface area (Å²) in [6.45, 7) is 4.34. The second-order valence-corrected chi connectivity index (χ2v) is 5.24. The Kier molecular flexibility index (Phi) is 7.16. The third kappa shape index (κ3) is 5.60. The molecule has 1 N–H and O–H groups in total. The summed E-state index contributed by atoms with van der Waals surface area (Å²) in [5, 5.41) is 9.46. The summed E-state index contributed by atoms with van der Waals surface area (Å²) in [6, 6.07) is 10.0. The van der Waals surface area contributed by atoms with E-state index in [1.807, 2.05) is 44.2 Å². The topological polar surface area (TPSA) is 66.8 Å². The molecule has 0 aromatic heterocycles. The number of nitrogens with zero attached hydrogens (tertiary/aromatic N) is 1. The monoisotopic (exact) mass is 305 g/mol. The van der Waals surface area contributed by atoms with Crippen LogP contribution in [0.5, 0.6) is 0 Å². The lowest BCUT2D eigenvalue weighted by atomic mass is 10.1. The molecule has 0 aliphatic carbocycles.